The predicted molar refractivity (Wildman–Crippen MR) is 108 cm³/mol. The molecule has 28 heavy (non-hydrogen) atoms. The molecule has 2 N–H and O–H groups in total. The molecule has 0 heterocycles. The predicted octanol–water partition coefficient (Wildman–Crippen LogP) is 2.33. The number of methoxy groups -OCH3 is 2. The lowest BCUT2D eigenvalue weighted by molar-refractivity contribution is -0.116. The van der Waals surface area contributed by atoms with Crippen LogP contribution in [0, 0.1) is 0 Å². The number of carbonyl (C=O) groups is 1. The second-order valence-electron chi connectivity index (χ2n) is 5.80. The molecule has 2 aromatic rings. The van der Waals surface area contributed by atoms with Gasteiger partial charge in [-0.3, -0.25) is 4.79 Å². The summed E-state index contributed by atoms with van der Waals surface area (Å²) in [7, 11) is -0.352. The number of ether oxygens (including phenoxy) is 2. The highest BCUT2D eigenvalue weighted by Crippen LogP contribution is 2.23. The number of carbonyl (C=O) groups excluding carboxylic acids is 1. The van der Waals surface area contributed by atoms with Crippen LogP contribution in [0.4, 0.5) is 0 Å². The van der Waals surface area contributed by atoms with E-state index in [1.807, 2.05) is 0 Å². The number of nitrogens with one attached hydrogen (secondary N) is 2. The molecular formula is C20H24N2O5S. The highest BCUT2D eigenvalue weighted by Gasteiger charge is 2.11. The van der Waals surface area contributed by atoms with E-state index in [2.05, 4.69) is 10.0 Å². The van der Waals surface area contributed by atoms with E-state index in [-0.39, 0.29) is 17.3 Å². The molecular weight excluding hydrogens is 380 g/mol. The number of amides is 1. The minimum atomic E-state index is -3.49. The maximum absolute atomic E-state index is 12.1. The van der Waals surface area contributed by atoms with Crippen LogP contribution in [0.1, 0.15) is 18.1 Å². The number of rotatable bonds is 9. The fourth-order valence-corrected chi connectivity index (χ4v) is 3.51. The van der Waals surface area contributed by atoms with Crippen molar-refractivity contribution in [3.8, 4) is 11.5 Å². The van der Waals surface area contributed by atoms with Gasteiger partial charge in [0.15, 0.2) is 0 Å². The average molecular weight is 404 g/mol. The van der Waals surface area contributed by atoms with Gasteiger partial charge in [-0.1, -0.05) is 19.1 Å². The summed E-state index contributed by atoms with van der Waals surface area (Å²) < 4.78 is 36.7. The average Bonchev–Trinajstić information content (AvgIpc) is 2.70. The van der Waals surface area contributed by atoms with Crippen LogP contribution in [0.25, 0.3) is 6.08 Å². The molecule has 0 saturated carbocycles. The third-order valence-corrected chi connectivity index (χ3v) is 5.45. The van der Waals surface area contributed by atoms with Crippen LogP contribution in [-0.2, 0) is 21.4 Å². The Hall–Kier alpha value is -2.84. The smallest absolute Gasteiger partial charge is 0.244 e. The molecule has 150 valence electrons. The molecule has 0 aliphatic heterocycles. The van der Waals surface area contributed by atoms with E-state index >= 15 is 0 Å². The van der Waals surface area contributed by atoms with E-state index in [0.29, 0.717) is 23.6 Å². The van der Waals surface area contributed by atoms with Gasteiger partial charge in [0.1, 0.15) is 11.5 Å². The summed E-state index contributed by atoms with van der Waals surface area (Å²) >= 11 is 0. The van der Waals surface area contributed by atoms with Crippen molar-refractivity contribution in [3.63, 3.8) is 0 Å². The SMILES string of the molecule is CCNS(=O)(=O)c1ccc(/C=C/C(=O)NCc2cc(OC)ccc2OC)cc1. The zero-order chi connectivity index (χ0) is 20.6. The van der Waals surface area contributed by atoms with E-state index in [1.54, 1.807) is 57.6 Å². The third-order valence-electron chi connectivity index (χ3n) is 3.89. The largest absolute Gasteiger partial charge is 0.497 e. The Morgan fingerprint density at radius 3 is 2.39 bits per heavy atom. The summed E-state index contributed by atoms with van der Waals surface area (Å²) in [6.07, 6.45) is 3.00. The quantitative estimate of drug-likeness (QED) is 0.626. The minimum absolute atomic E-state index is 0.182. The normalized spacial score (nSPS) is 11.4. The number of sulfonamides is 1. The Bertz CT molecular complexity index is 938. The van der Waals surface area contributed by atoms with E-state index in [0.717, 1.165) is 5.56 Å². The molecule has 0 saturated heterocycles. The summed E-state index contributed by atoms with van der Waals surface area (Å²) in [5, 5.41) is 2.78. The maximum Gasteiger partial charge on any atom is 0.244 e. The summed E-state index contributed by atoms with van der Waals surface area (Å²) in [4.78, 5) is 12.3. The Morgan fingerprint density at radius 1 is 1.07 bits per heavy atom. The van der Waals surface area contributed by atoms with Gasteiger partial charge in [0, 0.05) is 24.7 Å². The van der Waals surface area contributed by atoms with Crippen LogP contribution >= 0.6 is 0 Å². The standard InChI is InChI=1S/C20H24N2O5S/c1-4-22-28(24,25)18-9-5-15(6-10-18)7-12-20(23)21-14-16-13-17(26-2)8-11-19(16)27-3/h5-13,22H,4,14H2,1-3H3,(H,21,23)/b12-7+. The molecule has 0 aliphatic carbocycles. The first-order valence-electron chi connectivity index (χ1n) is 8.66. The molecule has 0 fully saturated rings. The van der Waals surface area contributed by atoms with Gasteiger partial charge in [-0.15, -0.1) is 0 Å². The topological polar surface area (TPSA) is 93.7 Å². The fourth-order valence-electron chi connectivity index (χ4n) is 2.46. The van der Waals surface area contributed by atoms with Gasteiger partial charge in [0.05, 0.1) is 19.1 Å². The molecule has 0 bridgehead atoms. The lowest BCUT2D eigenvalue weighted by Crippen LogP contribution is -2.23. The molecule has 1 amide bonds. The van der Waals surface area contributed by atoms with Crippen LogP contribution in [0.5, 0.6) is 11.5 Å². The molecule has 2 aromatic carbocycles. The van der Waals surface area contributed by atoms with Crippen molar-refractivity contribution < 1.29 is 22.7 Å². The molecule has 0 unspecified atom stereocenters. The van der Waals surface area contributed by atoms with Crippen LogP contribution in [0.15, 0.2) is 53.4 Å². The van der Waals surface area contributed by atoms with Gasteiger partial charge in [-0.05, 0) is 42.0 Å². The summed E-state index contributed by atoms with van der Waals surface area (Å²) in [6.45, 7) is 2.32. The van der Waals surface area contributed by atoms with Crippen LogP contribution in [-0.4, -0.2) is 35.1 Å². The van der Waals surface area contributed by atoms with Gasteiger partial charge < -0.3 is 14.8 Å². The van der Waals surface area contributed by atoms with Crippen LogP contribution in [0.3, 0.4) is 0 Å². The zero-order valence-corrected chi connectivity index (χ0v) is 16.9. The van der Waals surface area contributed by atoms with Crippen molar-refractivity contribution in [2.75, 3.05) is 20.8 Å². The lowest BCUT2D eigenvalue weighted by atomic mass is 10.2. The molecule has 8 heteroatoms. The number of benzene rings is 2. The van der Waals surface area contributed by atoms with Gasteiger partial charge in [0.2, 0.25) is 15.9 Å². The summed E-state index contributed by atoms with van der Waals surface area (Å²) in [6, 6.07) is 11.6. The van der Waals surface area contributed by atoms with Crippen molar-refractivity contribution in [3.05, 3.63) is 59.7 Å². The Kier molecular flexibility index (Phi) is 7.60. The number of hydrogen-bond donors (Lipinski definition) is 2. The Labute approximate surface area is 165 Å². The fraction of sp³-hybridized carbons (Fsp3) is 0.250. The van der Waals surface area contributed by atoms with Crippen molar-refractivity contribution in [1.29, 1.82) is 0 Å². The molecule has 0 spiro atoms. The van der Waals surface area contributed by atoms with Gasteiger partial charge >= 0.3 is 0 Å². The molecule has 7 nitrogen and oxygen atoms in total. The van der Waals surface area contributed by atoms with Crippen LogP contribution < -0.4 is 19.5 Å². The Morgan fingerprint density at radius 2 is 1.79 bits per heavy atom. The first-order valence-corrected chi connectivity index (χ1v) is 10.1. The Balaban J connectivity index is 1.99. The van der Waals surface area contributed by atoms with Crippen molar-refractivity contribution in [1.82, 2.24) is 10.0 Å². The monoisotopic (exact) mass is 404 g/mol. The lowest BCUT2D eigenvalue weighted by Gasteiger charge is -2.10. The third kappa shape index (κ3) is 5.83. The van der Waals surface area contributed by atoms with Gasteiger partial charge in [-0.25, -0.2) is 13.1 Å². The van der Waals surface area contributed by atoms with Crippen molar-refractivity contribution in [2.24, 2.45) is 0 Å². The summed E-state index contributed by atoms with van der Waals surface area (Å²) in [5.74, 6) is 1.05. The van der Waals surface area contributed by atoms with Gasteiger partial charge in [-0.2, -0.15) is 0 Å². The van der Waals surface area contributed by atoms with E-state index in [1.165, 1.54) is 18.2 Å². The first-order chi connectivity index (χ1) is 13.4. The van der Waals surface area contributed by atoms with Crippen LogP contribution in [0.2, 0.25) is 0 Å². The van der Waals surface area contributed by atoms with E-state index in [9.17, 15) is 13.2 Å². The molecule has 0 aromatic heterocycles. The molecule has 0 aliphatic rings. The van der Waals surface area contributed by atoms with Crippen molar-refractivity contribution in [2.45, 2.75) is 18.4 Å². The highest BCUT2D eigenvalue weighted by molar-refractivity contribution is 7.89. The van der Waals surface area contributed by atoms with Crippen molar-refractivity contribution >= 4 is 22.0 Å². The molecule has 0 radical (unpaired) electrons. The highest BCUT2D eigenvalue weighted by atomic mass is 32.2. The number of hydrogen-bond acceptors (Lipinski definition) is 5. The second kappa shape index (κ2) is 9.91. The molecule has 2 rings (SSSR count). The summed E-state index contributed by atoms with van der Waals surface area (Å²) in [5.41, 5.74) is 1.51. The maximum atomic E-state index is 12.1. The van der Waals surface area contributed by atoms with Gasteiger partial charge in [0.25, 0.3) is 0 Å². The zero-order valence-electron chi connectivity index (χ0n) is 16.1. The molecule has 0 atom stereocenters. The second-order valence-corrected chi connectivity index (χ2v) is 7.57. The minimum Gasteiger partial charge on any atom is -0.497 e. The van der Waals surface area contributed by atoms with E-state index in [4.69, 9.17) is 9.47 Å². The first kappa shape index (κ1) is 21.5. The van der Waals surface area contributed by atoms with E-state index < -0.39 is 10.0 Å².